The minimum Gasteiger partial charge on any atom is -0.384 e. The van der Waals surface area contributed by atoms with Gasteiger partial charge in [-0.1, -0.05) is 29.8 Å². The van der Waals surface area contributed by atoms with E-state index in [-0.39, 0.29) is 5.75 Å². The maximum atomic E-state index is 12.8. The maximum absolute atomic E-state index is 12.8. The number of nitrogens with zero attached hydrogens (tertiary/aromatic N) is 2. The third-order valence-electron chi connectivity index (χ3n) is 6.61. The summed E-state index contributed by atoms with van der Waals surface area (Å²) in [6.45, 7) is 6.15. The Kier molecular flexibility index (Phi) is 5.78. The predicted octanol–water partition coefficient (Wildman–Crippen LogP) is 3.75. The van der Waals surface area contributed by atoms with Crippen molar-refractivity contribution < 1.29 is 8.42 Å². The number of aromatic nitrogens is 1. The summed E-state index contributed by atoms with van der Waals surface area (Å²) in [6, 6.07) is 15.8. The Hall–Kier alpha value is -2.64. The van der Waals surface area contributed by atoms with Gasteiger partial charge >= 0.3 is 0 Å². The molecular formula is C25H30N4O2S. The van der Waals surface area contributed by atoms with Crippen LogP contribution in [0, 0.1) is 12.8 Å². The summed E-state index contributed by atoms with van der Waals surface area (Å²) in [4.78, 5) is 7.48. The predicted molar refractivity (Wildman–Crippen MR) is 130 cm³/mol. The minimum absolute atomic E-state index is 0.0927. The van der Waals surface area contributed by atoms with Crippen molar-refractivity contribution in [1.29, 1.82) is 0 Å². The molecule has 1 aromatic heterocycles. The largest absolute Gasteiger partial charge is 0.384 e. The lowest BCUT2D eigenvalue weighted by atomic mass is 9.98. The van der Waals surface area contributed by atoms with E-state index in [2.05, 4.69) is 46.7 Å². The molecule has 0 aliphatic carbocycles. The zero-order valence-electron chi connectivity index (χ0n) is 18.5. The topological polar surface area (TPSA) is 74.3 Å². The van der Waals surface area contributed by atoms with Crippen LogP contribution in [0.1, 0.15) is 24.0 Å². The number of hydrogen-bond acceptors (Lipinski definition) is 6. The lowest BCUT2D eigenvalue weighted by Crippen LogP contribution is -2.31. The number of aryl methyl sites for hydroxylation is 1. The molecule has 2 N–H and O–H groups in total. The van der Waals surface area contributed by atoms with E-state index in [1.807, 2.05) is 12.1 Å². The van der Waals surface area contributed by atoms with Crippen LogP contribution in [0.15, 0.2) is 53.4 Å². The molecule has 6 nitrogen and oxygen atoms in total. The smallest absolute Gasteiger partial charge is 0.180 e. The zero-order valence-corrected chi connectivity index (χ0v) is 19.3. The number of fused-ring (bicyclic) bond motifs is 2. The second kappa shape index (κ2) is 8.71. The molecule has 0 bridgehead atoms. The number of benzene rings is 2. The van der Waals surface area contributed by atoms with Gasteiger partial charge in [0.05, 0.1) is 16.2 Å². The molecule has 5 rings (SSSR count). The Bertz CT molecular complexity index is 1240. The van der Waals surface area contributed by atoms with Crippen LogP contribution < -0.4 is 15.5 Å². The third kappa shape index (κ3) is 4.32. The zero-order chi connectivity index (χ0) is 22.1. The molecule has 32 heavy (non-hydrogen) atoms. The van der Waals surface area contributed by atoms with Gasteiger partial charge in [-0.15, -0.1) is 0 Å². The van der Waals surface area contributed by atoms with Gasteiger partial charge in [0.25, 0.3) is 0 Å². The van der Waals surface area contributed by atoms with Crippen molar-refractivity contribution in [3.05, 3.63) is 59.7 Å². The first-order valence-corrected chi connectivity index (χ1v) is 13.1. The van der Waals surface area contributed by atoms with Gasteiger partial charge in [0.1, 0.15) is 5.82 Å². The van der Waals surface area contributed by atoms with Gasteiger partial charge < -0.3 is 15.5 Å². The Morgan fingerprint density at radius 3 is 2.78 bits per heavy atom. The van der Waals surface area contributed by atoms with Crippen molar-refractivity contribution >= 4 is 32.2 Å². The van der Waals surface area contributed by atoms with Gasteiger partial charge in [-0.3, -0.25) is 0 Å². The monoisotopic (exact) mass is 450 g/mol. The third-order valence-corrected chi connectivity index (χ3v) is 8.40. The van der Waals surface area contributed by atoms with Crippen LogP contribution in [-0.4, -0.2) is 45.3 Å². The van der Waals surface area contributed by atoms with E-state index in [4.69, 9.17) is 4.98 Å². The van der Waals surface area contributed by atoms with E-state index in [0.717, 1.165) is 47.6 Å². The number of rotatable bonds is 4. The molecule has 3 aromatic rings. The van der Waals surface area contributed by atoms with Gasteiger partial charge in [-0.25, -0.2) is 13.4 Å². The molecule has 0 spiro atoms. The van der Waals surface area contributed by atoms with E-state index >= 15 is 0 Å². The van der Waals surface area contributed by atoms with E-state index < -0.39 is 9.84 Å². The lowest BCUT2D eigenvalue weighted by Gasteiger charge is -2.25. The first-order valence-electron chi connectivity index (χ1n) is 11.4. The molecule has 0 saturated carbocycles. The SMILES string of the molecule is Cc1ccc2nc(N3CCS(=O)(=O)c4ccccc4C3)cc(NCC3CCNCC3)c2c1. The standard InChI is InChI=1S/C25H30N4O2S/c1-18-6-7-22-21(14-18)23(27-16-19-8-10-26-11-9-19)15-25(28-22)29-12-13-32(30,31)24-5-3-2-4-20(24)17-29/h2-7,14-15,19,26H,8-13,16-17H2,1H3,(H,27,28). The van der Waals surface area contributed by atoms with Crippen LogP contribution in [0.5, 0.6) is 0 Å². The van der Waals surface area contributed by atoms with Crippen LogP contribution >= 0.6 is 0 Å². The van der Waals surface area contributed by atoms with Crippen molar-refractivity contribution in [3.8, 4) is 0 Å². The first kappa shape index (κ1) is 21.2. The second-order valence-corrected chi connectivity index (χ2v) is 11.0. The maximum Gasteiger partial charge on any atom is 0.180 e. The van der Waals surface area contributed by atoms with E-state index in [9.17, 15) is 8.42 Å². The van der Waals surface area contributed by atoms with Gasteiger partial charge in [0, 0.05) is 36.8 Å². The highest BCUT2D eigenvalue weighted by molar-refractivity contribution is 7.91. The van der Waals surface area contributed by atoms with Crippen molar-refractivity contribution in [3.63, 3.8) is 0 Å². The van der Waals surface area contributed by atoms with Crippen LogP contribution in [0.2, 0.25) is 0 Å². The summed E-state index contributed by atoms with van der Waals surface area (Å²) in [5.41, 5.74) is 4.04. The summed E-state index contributed by atoms with van der Waals surface area (Å²) in [5, 5.41) is 8.25. The number of anilines is 2. The quantitative estimate of drug-likeness (QED) is 0.631. The average molecular weight is 451 g/mol. The van der Waals surface area contributed by atoms with E-state index in [1.54, 1.807) is 12.1 Å². The van der Waals surface area contributed by atoms with Gasteiger partial charge in [-0.05, 0) is 62.5 Å². The second-order valence-electron chi connectivity index (χ2n) is 8.97. The minimum atomic E-state index is -3.29. The fourth-order valence-electron chi connectivity index (χ4n) is 4.73. The first-order chi connectivity index (χ1) is 15.5. The molecule has 0 amide bonds. The fourth-order valence-corrected chi connectivity index (χ4v) is 6.23. The summed E-state index contributed by atoms with van der Waals surface area (Å²) >= 11 is 0. The van der Waals surface area contributed by atoms with Gasteiger partial charge in [-0.2, -0.15) is 0 Å². The summed E-state index contributed by atoms with van der Waals surface area (Å²) < 4.78 is 25.6. The molecule has 0 atom stereocenters. The molecule has 3 heterocycles. The molecule has 1 fully saturated rings. The molecule has 7 heteroatoms. The molecule has 0 unspecified atom stereocenters. The molecule has 2 aliphatic rings. The van der Waals surface area contributed by atoms with Crippen LogP contribution in [0.3, 0.4) is 0 Å². The fraction of sp³-hybridized carbons (Fsp3) is 0.400. The normalized spacial score (nSPS) is 18.8. The van der Waals surface area contributed by atoms with Crippen molar-refractivity contribution in [2.75, 3.05) is 42.1 Å². The summed E-state index contributed by atoms with van der Waals surface area (Å²) in [5.74, 6) is 1.57. The highest BCUT2D eigenvalue weighted by Gasteiger charge is 2.26. The number of piperidine rings is 1. The van der Waals surface area contributed by atoms with Crippen LogP contribution in [0.4, 0.5) is 11.5 Å². The number of nitrogens with one attached hydrogen (secondary N) is 2. The van der Waals surface area contributed by atoms with Crippen molar-refractivity contribution in [1.82, 2.24) is 10.3 Å². The number of pyridine rings is 1. The van der Waals surface area contributed by atoms with Gasteiger partial charge in [0.15, 0.2) is 9.84 Å². The molecule has 168 valence electrons. The van der Waals surface area contributed by atoms with E-state index in [1.165, 1.54) is 18.4 Å². The highest BCUT2D eigenvalue weighted by Crippen LogP contribution is 2.31. The summed E-state index contributed by atoms with van der Waals surface area (Å²) in [7, 11) is -3.29. The van der Waals surface area contributed by atoms with Gasteiger partial charge in [0.2, 0.25) is 0 Å². The molecule has 2 aromatic carbocycles. The van der Waals surface area contributed by atoms with Crippen molar-refractivity contribution in [2.45, 2.75) is 31.2 Å². The molecule has 1 saturated heterocycles. The van der Waals surface area contributed by atoms with Crippen LogP contribution in [0.25, 0.3) is 10.9 Å². The van der Waals surface area contributed by atoms with Crippen molar-refractivity contribution in [2.24, 2.45) is 5.92 Å². The Labute approximate surface area is 190 Å². The molecule has 2 aliphatic heterocycles. The lowest BCUT2D eigenvalue weighted by molar-refractivity contribution is 0.390. The van der Waals surface area contributed by atoms with Crippen LogP contribution in [-0.2, 0) is 16.4 Å². The average Bonchev–Trinajstić information content (AvgIpc) is 2.94. The number of hydrogen-bond donors (Lipinski definition) is 2. The highest BCUT2D eigenvalue weighted by atomic mass is 32.2. The number of sulfone groups is 1. The summed E-state index contributed by atoms with van der Waals surface area (Å²) in [6.07, 6.45) is 2.37. The Morgan fingerprint density at radius 2 is 1.94 bits per heavy atom. The Morgan fingerprint density at radius 1 is 1.12 bits per heavy atom. The molecule has 0 radical (unpaired) electrons. The molecular weight excluding hydrogens is 420 g/mol. The Balaban J connectivity index is 1.50. The van der Waals surface area contributed by atoms with E-state index in [0.29, 0.717) is 23.9 Å².